The van der Waals surface area contributed by atoms with Gasteiger partial charge in [-0.3, -0.25) is 0 Å². The van der Waals surface area contributed by atoms with E-state index in [1.165, 1.54) is 12.1 Å². The summed E-state index contributed by atoms with van der Waals surface area (Å²) in [5.41, 5.74) is 1.76. The number of hydrogen-bond acceptors (Lipinski definition) is 1. The van der Waals surface area contributed by atoms with Crippen LogP contribution in [0.1, 0.15) is 18.9 Å². The maximum absolute atomic E-state index is 13.1. The van der Waals surface area contributed by atoms with E-state index in [0.29, 0.717) is 10.8 Å². The van der Waals surface area contributed by atoms with Crippen molar-refractivity contribution in [3.8, 4) is 0 Å². The van der Waals surface area contributed by atoms with Gasteiger partial charge in [-0.15, -0.1) is 0 Å². The normalized spacial score (nSPS) is 16.3. The molecule has 0 amide bonds. The number of aromatic nitrogens is 2. The van der Waals surface area contributed by atoms with Gasteiger partial charge in [0.15, 0.2) is 4.77 Å². The molecule has 82 valence electrons. The van der Waals surface area contributed by atoms with Gasteiger partial charge in [-0.05, 0) is 43.3 Å². The molecule has 1 aliphatic carbocycles. The summed E-state index contributed by atoms with van der Waals surface area (Å²) in [5, 5.41) is 0. The summed E-state index contributed by atoms with van der Waals surface area (Å²) in [6.07, 6.45) is 6.32. The van der Waals surface area contributed by atoms with Gasteiger partial charge >= 0.3 is 0 Å². The minimum Gasteiger partial charge on any atom is -0.330 e. The molecular formula is C12H11FN2S. The summed E-state index contributed by atoms with van der Waals surface area (Å²) in [4.78, 5) is 3.05. The third-order valence-electron chi connectivity index (χ3n) is 3.03. The largest absolute Gasteiger partial charge is 0.330 e. The molecule has 0 aliphatic heterocycles. The number of fused-ring (bicyclic) bond motifs is 1. The van der Waals surface area contributed by atoms with Crippen molar-refractivity contribution < 1.29 is 4.39 Å². The number of hydrogen-bond donors (Lipinski definition) is 1. The van der Waals surface area contributed by atoms with Crippen LogP contribution in [0.15, 0.2) is 30.4 Å². The molecule has 1 aromatic carbocycles. The monoisotopic (exact) mass is 234 g/mol. The topological polar surface area (TPSA) is 20.7 Å². The van der Waals surface area contributed by atoms with E-state index in [1.54, 1.807) is 6.07 Å². The molecule has 2 aromatic rings. The quantitative estimate of drug-likeness (QED) is 0.589. The van der Waals surface area contributed by atoms with Gasteiger partial charge in [0.05, 0.1) is 11.0 Å². The second-order valence-electron chi connectivity index (χ2n) is 4.06. The summed E-state index contributed by atoms with van der Waals surface area (Å²) in [7, 11) is 0. The van der Waals surface area contributed by atoms with E-state index in [9.17, 15) is 4.39 Å². The van der Waals surface area contributed by atoms with E-state index < -0.39 is 0 Å². The molecule has 16 heavy (non-hydrogen) atoms. The molecule has 0 saturated carbocycles. The van der Waals surface area contributed by atoms with Crippen LogP contribution in [0.2, 0.25) is 0 Å². The van der Waals surface area contributed by atoms with Crippen molar-refractivity contribution in [3.05, 3.63) is 40.9 Å². The molecular weight excluding hydrogens is 223 g/mol. The Bertz CT molecular complexity index is 615. The van der Waals surface area contributed by atoms with Crippen LogP contribution < -0.4 is 0 Å². The zero-order valence-corrected chi connectivity index (χ0v) is 9.43. The van der Waals surface area contributed by atoms with Crippen LogP contribution in [0.5, 0.6) is 0 Å². The van der Waals surface area contributed by atoms with Gasteiger partial charge in [-0.2, -0.15) is 0 Å². The number of aromatic amines is 1. The molecule has 0 atom stereocenters. The fraction of sp³-hybridized carbons (Fsp3) is 0.250. The fourth-order valence-electron chi connectivity index (χ4n) is 2.28. The lowest BCUT2D eigenvalue weighted by Gasteiger charge is -2.12. The van der Waals surface area contributed by atoms with Crippen molar-refractivity contribution in [1.82, 2.24) is 9.55 Å². The SMILES string of the molecule is Fc1ccc2c(c1)[nH]c(=S)n2C1CC=CC1. The highest BCUT2D eigenvalue weighted by Crippen LogP contribution is 2.28. The van der Waals surface area contributed by atoms with Crippen molar-refractivity contribution >= 4 is 23.3 Å². The molecule has 1 aliphatic rings. The highest BCUT2D eigenvalue weighted by molar-refractivity contribution is 7.71. The van der Waals surface area contributed by atoms with Crippen LogP contribution >= 0.6 is 12.2 Å². The van der Waals surface area contributed by atoms with Crippen molar-refractivity contribution in [2.45, 2.75) is 18.9 Å². The summed E-state index contributed by atoms with van der Waals surface area (Å²) in [6.45, 7) is 0. The Morgan fingerprint density at radius 2 is 2.06 bits per heavy atom. The third-order valence-corrected chi connectivity index (χ3v) is 3.33. The molecule has 1 heterocycles. The van der Waals surface area contributed by atoms with Gasteiger partial charge in [0.25, 0.3) is 0 Å². The standard InChI is InChI=1S/C12H11FN2S/c13-8-5-6-11-10(7-8)14-12(16)15(11)9-3-1-2-4-9/h1-2,5-7,9H,3-4H2,(H,14,16). The first-order chi connectivity index (χ1) is 7.75. The Hall–Kier alpha value is -1.42. The predicted octanol–water partition coefficient (Wildman–Crippen LogP) is 3.73. The Labute approximate surface area is 97.4 Å². The lowest BCUT2D eigenvalue weighted by atomic mass is 10.2. The van der Waals surface area contributed by atoms with Crippen molar-refractivity contribution in [2.24, 2.45) is 0 Å². The summed E-state index contributed by atoms with van der Waals surface area (Å²) in [6, 6.07) is 5.13. The van der Waals surface area contributed by atoms with Crippen LogP contribution in [0.3, 0.4) is 0 Å². The number of rotatable bonds is 1. The zero-order valence-electron chi connectivity index (χ0n) is 8.61. The Morgan fingerprint density at radius 3 is 2.81 bits per heavy atom. The van der Waals surface area contributed by atoms with Crippen LogP contribution in [0.25, 0.3) is 11.0 Å². The first-order valence-corrected chi connectivity index (χ1v) is 5.71. The molecule has 2 nitrogen and oxygen atoms in total. The smallest absolute Gasteiger partial charge is 0.178 e. The maximum atomic E-state index is 13.1. The van der Waals surface area contributed by atoms with Crippen LogP contribution in [0.4, 0.5) is 4.39 Å². The Balaban J connectivity index is 2.23. The number of nitrogens with one attached hydrogen (secondary N) is 1. The number of imidazole rings is 1. The lowest BCUT2D eigenvalue weighted by molar-refractivity contribution is 0.544. The minimum absolute atomic E-state index is 0.236. The summed E-state index contributed by atoms with van der Waals surface area (Å²) in [5.74, 6) is -0.236. The van der Waals surface area contributed by atoms with Crippen LogP contribution in [-0.2, 0) is 0 Å². The maximum Gasteiger partial charge on any atom is 0.178 e. The number of halogens is 1. The molecule has 0 bridgehead atoms. The van der Waals surface area contributed by atoms with Gasteiger partial charge in [-0.25, -0.2) is 4.39 Å². The van der Waals surface area contributed by atoms with E-state index in [0.717, 1.165) is 23.9 Å². The molecule has 0 unspecified atom stereocenters. The molecule has 3 rings (SSSR count). The molecule has 0 fully saturated rings. The van der Waals surface area contributed by atoms with E-state index in [4.69, 9.17) is 12.2 Å². The fourth-order valence-corrected chi connectivity index (χ4v) is 2.64. The molecule has 4 heteroatoms. The predicted molar refractivity (Wildman–Crippen MR) is 64.5 cm³/mol. The summed E-state index contributed by atoms with van der Waals surface area (Å²) < 4.78 is 15.8. The van der Waals surface area contributed by atoms with Gasteiger partial charge in [0.2, 0.25) is 0 Å². The molecule has 1 N–H and O–H groups in total. The lowest BCUT2D eigenvalue weighted by Crippen LogP contribution is -2.04. The van der Waals surface area contributed by atoms with Gasteiger partial charge < -0.3 is 9.55 Å². The van der Waals surface area contributed by atoms with E-state index in [-0.39, 0.29) is 5.82 Å². The van der Waals surface area contributed by atoms with Gasteiger partial charge in [0, 0.05) is 6.04 Å². The number of nitrogens with zero attached hydrogens (tertiary/aromatic N) is 1. The zero-order chi connectivity index (χ0) is 11.1. The minimum atomic E-state index is -0.236. The van der Waals surface area contributed by atoms with Crippen molar-refractivity contribution in [3.63, 3.8) is 0 Å². The average Bonchev–Trinajstić information content (AvgIpc) is 2.83. The first-order valence-electron chi connectivity index (χ1n) is 5.30. The van der Waals surface area contributed by atoms with E-state index in [1.807, 2.05) is 0 Å². The molecule has 1 aromatic heterocycles. The second kappa shape index (κ2) is 3.56. The highest BCUT2D eigenvalue weighted by atomic mass is 32.1. The average molecular weight is 234 g/mol. The van der Waals surface area contributed by atoms with Crippen LogP contribution in [-0.4, -0.2) is 9.55 Å². The first kappa shape index (κ1) is 9.78. The van der Waals surface area contributed by atoms with Gasteiger partial charge in [0.1, 0.15) is 5.82 Å². The highest BCUT2D eigenvalue weighted by Gasteiger charge is 2.16. The third kappa shape index (κ3) is 1.41. The Kier molecular flexibility index (Phi) is 2.17. The van der Waals surface area contributed by atoms with Crippen molar-refractivity contribution in [2.75, 3.05) is 0 Å². The second-order valence-corrected chi connectivity index (χ2v) is 4.44. The van der Waals surface area contributed by atoms with E-state index >= 15 is 0 Å². The molecule has 0 saturated heterocycles. The molecule has 0 radical (unpaired) electrons. The summed E-state index contributed by atoms with van der Waals surface area (Å²) >= 11 is 5.29. The van der Waals surface area contributed by atoms with Crippen LogP contribution in [0, 0.1) is 10.6 Å². The van der Waals surface area contributed by atoms with E-state index in [2.05, 4.69) is 21.7 Å². The van der Waals surface area contributed by atoms with Gasteiger partial charge in [-0.1, -0.05) is 12.2 Å². The Morgan fingerprint density at radius 1 is 1.31 bits per heavy atom. The van der Waals surface area contributed by atoms with Crippen molar-refractivity contribution in [1.29, 1.82) is 0 Å². The number of allylic oxidation sites excluding steroid dienone is 2. The number of benzene rings is 1. The molecule has 0 spiro atoms. The number of H-pyrrole nitrogens is 1.